The molecule has 0 aromatic heterocycles. The van der Waals surface area contributed by atoms with Crippen LogP contribution in [0.3, 0.4) is 0 Å². The molecule has 1 amide bonds. The van der Waals surface area contributed by atoms with Gasteiger partial charge in [0.25, 0.3) is 5.91 Å². The average Bonchev–Trinajstić information content (AvgIpc) is 2.71. The lowest BCUT2D eigenvalue weighted by Crippen LogP contribution is -2.35. The molecule has 1 heterocycles. The molecular formula is C21H23N3O3. The SMILES string of the molecule is CC(Oc1ccc(C#N)cc1)C(=O)Nc1ccc(CN2CCOCC2)cc1. The average molecular weight is 365 g/mol. The molecule has 2 aromatic rings. The van der Waals surface area contributed by atoms with Crippen molar-refractivity contribution in [2.24, 2.45) is 0 Å². The minimum atomic E-state index is -0.647. The van der Waals surface area contributed by atoms with E-state index in [2.05, 4.69) is 10.2 Å². The molecule has 0 bridgehead atoms. The summed E-state index contributed by atoms with van der Waals surface area (Å²) in [7, 11) is 0. The molecule has 0 radical (unpaired) electrons. The van der Waals surface area contributed by atoms with Gasteiger partial charge in [-0.05, 0) is 48.9 Å². The first-order valence-electron chi connectivity index (χ1n) is 9.01. The monoisotopic (exact) mass is 365 g/mol. The third-order valence-electron chi connectivity index (χ3n) is 4.40. The predicted octanol–water partition coefficient (Wildman–Crippen LogP) is 2.80. The van der Waals surface area contributed by atoms with Crippen LogP contribution in [0.25, 0.3) is 0 Å². The zero-order valence-corrected chi connectivity index (χ0v) is 15.4. The summed E-state index contributed by atoms with van der Waals surface area (Å²) in [6.45, 7) is 6.04. The number of nitriles is 1. The largest absolute Gasteiger partial charge is 0.481 e. The van der Waals surface area contributed by atoms with E-state index in [1.54, 1.807) is 31.2 Å². The maximum atomic E-state index is 12.3. The second-order valence-corrected chi connectivity index (χ2v) is 6.47. The zero-order valence-electron chi connectivity index (χ0n) is 15.4. The van der Waals surface area contributed by atoms with Gasteiger partial charge in [0.2, 0.25) is 0 Å². The van der Waals surface area contributed by atoms with Crippen LogP contribution in [0.4, 0.5) is 5.69 Å². The van der Waals surface area contributed by atoms with Gasteiger partial charge in [-0.1, -0.05) is 12.1 Å². The molecule has 1 atom stereocenters. The third-order valence-corrected chi connectivity index (χ3v) is 4.40. The summed E-state index contributed by atoms with van der Waals surface area (Å²) in [5.74, 6) is 0.331. The molecule has 140 valence electrons. The number of hydrogen-bond donors (Lipinski definition) is 1. The van der Waals surface area contributed by atoms with Crippen molar-refractivity contribution in [3.05, 3.63) is 59.7 Å². The van der Waals surface area contributed by atoms with Crippen LogP contribution in [0.5, 0.6) is 5.75 Å². The number of rotatable bonds is 6. The minimum Gasteiger partial charge on any atom is -0.481 e. The highest BCUT2D eigenvalue weighted by Gasteiger charge is 2.15. The molecule has 3 rings (SSSR count). The van der Waals surface area contributed by atoms with Gasteiger partial charge in [0.15, 0.2) is 6.10 Å². The summed E-state index contributed by atoms with van der Waals surface area (Å²) in [5, 5.41) is 11.7. The Balaban J connectivity index is 1.51. The Bertz CT molecular complexity index is 791. The van der Waals surface area contributed by atoms with Gasteiger partial charge in [-0.3, -0.25) is 9.69 Å². The van der Waals surface area contributed by atoms with Crippen molar-refractivity contribution in [3.8, 4) is 11.8 Å². The van der Waals surface area contributed by atoms with E-state index in [4.69, 9.17) is 14.7 Å². The summed E-state index contributed by atoms with van der Waals surface area (Å²) < 4.78 is 11.0. The van der Waals surface area contributed by atoms with Gasteiger partial charge in [0, 0.05) is 25.3 Å². The van der Waals surface area contributed by atoms with E-state index >= 15 is 0 Å². The number of carbonyl (C=O) groups excluding carboxylic acids is 1. The third kappa shape index (κ3) is 5.55. The molecule has 1 saturated heterocycles. The van der Waals surface area contributed by atoms with Crippen LogP contribution in [0, 0.1) is 11.3 Å². The molecule has 2 aromatic carbocycles. The quantitative estimate of drug-likeness (QED) is 0.852. The molecule has 1 aliphatic rings. The fourth-order valence-electron chi connectivity index (χ4n) is 2.82. The number of nitrogens with zero attached hydrogens (tertiary/aromatic N) is 2. The first-order valence-corrected chi connectivity index (χ1v) is 9.01. The zero-order chi connectivity index (χ0) is 19.1. The van der Waals surface area contributed by atoms with Crippen LogP contribution in [-0.4, -0.2) is 43.2 Å². The van der Waals surface area contributed by atoms with E-state index in [1.165, 1.54) is 5.56 Å². The molecule has 0 saturated carbocycles. The van der Waals surface area contributed by atoms with E-state index in [1.807, 2.05) is 30.3 Å². The Labute approximate surface area is 159 Å². The normalized spacial score (nSPS) is 15.6. The minimum absolute atomic E-state index is 0.222. The Hall–Kier alpha value is -2.88. The van der Waals surface area contributed by atoms with E-state index in [0.29, 0.717) is 11.3 Å². The number of ether oxygens (including phenoxy) is 2. The molecule has 27 heavy (non-hydrogen) atoms. The van der Waals surface area contributed by atoms with Crippen molar-refractivity contribution in [3.63, 3.8) is 0 Å². The first kappa shape index (κ1) is 18.9. The second-order valence-electron chi connectivity index (χ2n) is 6.47. The van der Waals surface area contributed by atoms with Crippen molar-refractivity contribution >= 4 is 11.6 Å². The number of morpholine rings is 1. The molecule has 1 fully saturated rings. The van der Waals surface area contributed by atoms with Crippen molar-refractivity contribution in [1.82, 2.24) is 4.90 Å². The number of hydrogen-bond acceptors (Lipinski definition) is 5. The molecule has 0 aliphatic carbocycles. The van der Waals surface area contributed by atoms with Crippen LogP contribution in [-0.2, 0) is 16.1 Å². The molecule has 6 nitrogen and oxygen atoms in total. The fourth-order valence-corrected chi connectivity index (χ4v) is 2.82. The van der Waals surface area contributed by atoms with Crippen LogP contribution in [0.15, 0.2) is 48.5 Å². The highest BCUT2D eigenvalue weighted by Crippen LogP contribution is 2.16. The van der Waals surface area contributed by atoms with Crippen LogP contribution in [0.2, 0.25) is 0 Å². The Kier molecular flexibility index (Phi) is 6.42. The molecular weight excluding hydrogens is 342 g/mol. The smallest absolute Gasteiger partial charge is 0.265 e. The molecule has 1 N–H and O–H groups in total. The molecule has 1 unspecified atom stereocenters. The molecule has 0 spiro atoms. The van der Waals surface area contributed by atoms with Crippen LogP contribution < -0.4 is 10.1 Å². The summed E-state index contributed by atoms with van der Waals surface area (Å²) in [6, 6.07) is 16.6. The summed E-state index contributed by atoms with van der Waals surface area (Å²) >= 11 is 0. The van der Waals surface area contributed by atoms with Gasteiger partial charge in [-0.2, -0.15) is 5.26 Å². The number of nitrogens with one attached hydrogen (secondary N) is 1. The van der Waals surface area contributed by atoms with E-state index in [0.717, 1.165) is 38.5 Å². The molecule has 6 heteroatoms. The van der Waals surface area contributed by atoms with E-state index in [-0.39, 0.29) is 5.91 Å². The lowest BCUT2D eigenvalue weighted by molar-refractivity contribution is -0.122. The second kappa shape index (κ2) is 9.17. The first-order chi connectivity index (χ1) is 13.1. The van der Waals surface area contributed by atoms with E-state index in [9.17, 15) is 4.79 Å². The summed E-state index contributed by atoms with van der Waals surface area (Å²) in [4.78, 5) is 14.7. The summed E-state index contributed by atoms with van der Waals surface area (Å²) in [6.07, 6.45) is -0.647. The predicted molar refractivity (Wildman–Crippen MR) is 102 cm³/mol. The number of carbonyl (C=O) groups is 1. The topological polar surface area (TPSA) is 74.6 Å². The number of amides is 1. The molecule has 1 aliphatic heterocycles. The van der Waals surface area contributed by atoms with Crippen molar-refractivity contribution in [2.45, 2.75) is 19.6 Å². The van der Waals surface area contributed by atoms with Crippen molar-refractivity contribution in [2.75, 3.05) is 31.6 Å². The number of benzene rings is 2. The van der Waals surface area contributed by atoms with E-state index < -0.39 is 6.10 Å². The highest BCUT2D eigenvalue weighted by atomic mass is 16.5. The summed E-state index contributed by atoms with van der Waals surface area (Å²) in [5.41, 5.74) is 2.49. The van der Waals surface area contributed by atoms with Crippen molar-refractivity contribution in [1.29, 1.82) is 5.26 Å². The lowest BCUT2D eigenvalue weighted by atomic mass is 10.2. The Morgan fingerprint density at radius 1 is 1.19 bits per heavy atom. The van der Waals surface area contributed by atoms with Gasteiger partial charge >= 0.3 is 0 Å². The van der Waals surface area contributed by atoms with Crippen molar-refractivity contribution < 1.29 is 14.3 Å². The van der Waals surface area contributed by atoms with Gasteiger partial charge in [0.1, 0.15) is 5.75 Å². The Morgan fingerprint density at radius 2 is 1.85 bits per heavy atom. The highest BCUT2D eigenvalue weighted by molar-refractivity contribution is 5.94. The maximum Gasteiger partial charge on any atom is 0.265 e. The van der Waals surface area contributed by atoms with Crippen LogP contribution in [0.1, 0.15) is 18.1 Å². The van der Waals surface area contributed by atoms with Gasteiger partial charge in [-0.15, -0.1) is 0 Å². The van der Waals surface area contributed by atoms with Crippen LogP contribution >= 0.6 is 0 Å². The van der Waals surface area contributed by atoms with Gasteiger partial charge in [0.05, 0.1) is 24.8 Å². The Morgan fingerprint density at radius 3 is 2.48 bits per heavy atom. The van der Waals surface area contributed by atoms with Gasteiger partial charge < -0.3 is 14.8 Å². The maximum absolute atomic E-state index is 12.3. The lowest BCUT2D eigenvalue weighted by Gasteiger charge is -2.26. The fraction of sp³-hybridized carbons (Fsp3) is 0.333. The van der Waals surface area contributed by atoms with Gasteiger partial charge in [-0.25, -0.2) is 0 Å². The standard InChI is InChI=1S/C21H23N3O3/c1-16(27-20-8-4-17(14-22)5-9-20)21(25)23-19-6-2-18(3-7-19)15-24-10-12-26-13-11-24/h2-9,16H,10-13,15H2,1H3,(H,23,25). The number of anilines is 1.